The Hall–Kier alpha value is -2.41. The van der Waals surface area contributed by atoms with Gasteiger partial charge in [-0.2, -0.15) is 0 Å². The number of amides is 1. The minimum Gasteiger partial charge on any atom is -0.459 e. The van der Waals surface area contributed by atoms with Gasteiger partial charge < -0.3 is 9.47 Å². The molecule has 1 fully saturated rings. The van der Waals surface area contributed by atoms with Gasteiger partial charge in [0.15, 0.2) is 0 Å². The molecule has 2 rings (SSSR count). The van der Waals surface area contributed by atoms with Gasteiger partial charge >= 0.3 is 11.9 Å². The molecule has 1 heterocycles. The van der Waals surface area contributed by atoms with Gasteiger partial charge in [0.1, 0.15) is 23.8 Å². The van der Waals surface area contributed by atoms with Crippen LogP contribution in [0, 0.1) is 0 Å². The van der Waals surface area contributed by atoms with Gasteiger partial charge in [-0.05, 0) is 47.1 Å². The molecule has 1 aromatic rings. The minimum atomic E-state index is -0.790. The Balaban J connectivity index is 2.22. The molecule has 0 aliphatic carbocycles. The highest BCUT2D eigenvalue weighted by molar-refractivity contribution is 5.87. The van der Waals surface area contributed by atoms with E-state index >= 15 is 0 Å². The van der Waals surface area contributed by atoms with Crippen LogP contribution >= 0.6 is 0 Å². The van der Waals surface area contributed by atoms with E-state index in [4.69, 9.17) is 9.47 Å². The zero-order chi connectivity index (χ0) is 21.1. The maximum Gasteiger partial charge on any atom is 0.327 e. The van der Waals surface area contributed by atoms with Crippen LogP contribution < -0.4 is 5.43 Å². The fourth-order valence-corrected chi connectivity index (χ4v) is 2.98. The summed E-state index contributed by atoms with van der Waals surface area (Å²) < 4.78 is 10.8. The van der Waals surface area contributed by atoms with Gasteiger partial charge in [-0.25, -0.2) is 5.43 Å². The van der Waals surface area contributed by atoms with Crippen LogP contribution in [0.1, 0.15) is 59.4 Å². The average molecular weight is 390 g/mol. The maximum absolute atomic E-state index is 12.8. The summed E-state index contributed by atoms with van der Waals surface area (Å²) in [5.74, 6) is -1.68. The van der Waals surface area contributed by atoms with Gasteiger partial charge in [0, 0.05) is 12.3 Å². The number of ether oxygens (including phenoxy) is 2. The lowest BCUT2D eigenvalue weighted by Crippen LogP contribution is -2.60. The predicted molar refractivity (Wildman–Crippen MR) is 104 cm³/mol. The number of hydrogen-bond donors (Lipinski definition) is 1. The van der Waals surface area contributed by atoms with Crippen LogP contribution in [0.5, 0.6) is 0 Å². The first-order valence-corrected chi connectivity index (χ1v) is 9.42. The molecule has 1 N–H and O–H groups in total. The second-order valence-electron chi connectivity index (χ2n) is 8.93. The van der Waals surface area contributed by atoms with Gasteiger partial charge in [0.25, 0.3) is 0 Å². The lowest BCUT2D eigenvalue weighted by molar-refractivity contribution is -0.169. The first-order chi connectivity index (χ1) is 12.9. The molecule has 7 nitrogen and oxygen atoms in total. The second kappa shape index (κ2) is 8.31. The van der Waals surface area contributed by atoms with E-state index in [2.05, 4.69) is 5.43 Å². The van der Waals surface area contributed by atoms with Crippen molar-refractivity contribution in [3.8, 4) is 0 Å². The second-order valence-corrected chi connectivity index (χ2v) is 8.93. The Kier molecular flexibility index (Phi) is 6.49. The largest absolute Gasteiger partial charge is 0.459 e. The average Bonchev–Trinajstić information content (AvgIpc) is 2.53. The van der Waals surface area contributed by atoms with E-state index in [9.17, 15) is 14.4 Å². The summed E-state index contributed by atoms with van der Waals surface area (Å²) in [6.45, 7) is 10.3. The van der Waals surface area contributed by atoms with E-state index in [0.29, 0.717) is 0 Å². The van der Waals surface area contributed by atoms with Crippen molar-refractivity contribution in [3.05, 3.63) is 35.9 Å². The summed E-state index contributed by atoms with van der Waals surface area (Å²) >= 11 is 0. The quantitative estimate of drug-likeness (QED) is 0.796. The van der Waals surface area contributed by atoms with Crippen LogP contribution in [0.3, 0.4) is 0 Å². The molecule has 28 heavy (non-hydrogen) atoms. The van der Waals surface area contributed by atoms with Gasteiger partial charge in [-0.15, -0.1) is 0 Å². The molecule has 0 radical (unpaired) electrons. The Morgan fingerprint density at radius 3 is 2.14 bits per heavy atom. The highest BCUT2D eigenvalue weighted by atomic mass is 16.6. The third kappa shape index (κ3) is 6.34. The molecule has 0 bridgehead atoms. The summed E-state index contributed by atoms with van der Waals surface area (Å²) in [5, 5.41) is 1.15. The molecule has 1 amide bonds. The number of nitrogens with zero attached hydrogens (tertiary/aromatic N) is 1. The summed E-state index contributed by atoms with van der Waals surface area (Å²) in [6.07, 6.45) is 0.0870. The Labute approximate surface area is 166 Å². The van der Waals surface area contributed by atoms with Crippen LogP contribution in [-0.2, 0) is 23.9 Å². The molecule has 1 aliphatic rings. The van der Waals surface area contributed by atoms with Crippen molar-refractivity contribution in [1.29, 1.82) is 0 Å². The normalized spacial score (nSPS) is 20.6. The molecule has 0 spiro atoms. The van der Waals surface area contributed by atoms with E-state index in [1.807, 2.05) is 30.3 Å². The number of benzene rings is 1. The predicted octanol–water partition coefficient (Wildman–Crippen LogP) is 2.56. The summed E-state index contributed by atoms with van der Waals surface area (Å²) in [6, 6.07) is 8.56. The fourth-order valence-electron chi connectivity index (χ4n) is 2.98. The third-order valence-electron chi connectivity index (χ3n) is 3.99. The Morgan fingerprint density at radius 2 is 1.61 bits per heavy atom. The van der Waals surface area contributed by atoms with Crippen molar-refractivity contribution < 1.29 is 23.9 Å². The molecule has 0 aromatic heterocycles. The first-order valence-electron chi connectivity index (χ1n) is 9.42. The van der Waals surface area contributed by atoms with Gasteiger partial charge in [0.2, 0.25) is 5.91 Å². The van der Waals surface area contributed by atoms with Gasteiger partial charge in [0.05, 0.1) is 0 Å². The number of rotatable bonds is 4. The molecule has 1 aliphatic heterocycles. The van der Waals surface area contributed by atoms with Crippen molar-refractivity contribution in [2.45, 2.75) is 71.1 Å². The lowest BCUT2D eigenvalue weighted by Gasteiger charge is -2.38. The smallest absolute Gasteiger partial charge is 0.327 e. The molecule has 0 unspecified atom stereocenters. The number of carbonyl (C=O) groups is 3. The summed E-state index contributed by atoms with van der Waals surface area (Å²) in [5.41, 5.74) is 2.43. The lowest BCUT2D eigenvalue weighted by atomic mass is 9.87. The van der Waals surface area contributed by atoms with Crippen molar-refractivity contribution in [2.24, 2.45) is 0 Å². The Morgan fingerprint density at radius 1 is 1.04 bits per heavy atom. The fraction of sp³-hybridized carbons (Fsp3) is 0.571. The van der Waals surface area contributed by atoms with Crippen LogP contribution in [0.25, 0.3) is 0 Å². The molecule has 1 aromatic carbocycles. The van der Waals surface area contributed by atoms with Crippen molar-refractivity contribution in [1.82, 2.24) is 10.4 Å². The van der Waals surface area contributed by atoms with E-state index in [1.165, 1.54) is 0 Å². The minimum absolute atomic E-state index is 0.0870. The van der Waals surface area contributed by atoms with Gasteiger partial charge in [-0.1, -0.05) is 30.3 Å². The van der Waals surface area contributed by atoms with Crippen molar-refractivity contribution in [3.63, 3.8) is 0 Å². The van der Waals surface area contributed by atoms with Crippen molar-refractivity contribution in [2.75, 3.05) is 6.54 Å². The first kappa shape index (κ1) is 21.9. The van der Waals surface area contributed by atoms with E-state index in [1.54, 1.807) is 41.5 Å². The highest BCUT2D eigenvalue weighted by Gasteiger charge is 2.41. The SMILES string of the molecule is CC(C)(C)OC(=O)CN1N[C@H](C(=O)OC(C)(C)C)[C@H](c2ccccc2)CC1=O. The van der Waals surface area contributed by atoms with Crippen LogP contribution in [0.4, 0.5) is 0 Å². The third-order valence-corrected chi connectivity index (χ3v) is 3.99. The number of carbonyl (C=O) groups excluding carboxylic acids is 3. The van der Waals surface area contributed by atoms with Gasteiger partial charge in [-0.3, -0.25) is 19.4 Å². The topological polar surface area (TPSA) is 84.9 Å². The summed E-state index contributed by atoms with van der Waals surface area (Å²) in [4.78, 5) is 37.6. The van der Waals surface area contributed by atoms with Crippen LogP contribution in [0.15, 0.2) is 30.3 Å². The monoisotopic (exact) mass is 390 g/mol. The zero-order valence-electron chi connectivity index (χ0n) is 17.4. The number of nitrogens with one attached hydrogen (secondary N) is 1. The molecule has 7 heteroatoms. The molecular weight excluding hydrogens is 360 g/mol. The number of hydrogen-bond acceptors (Lipinski definition) is 6. The maximum atomic E-state index is 12.8. The highest BCUT2D eigenvalue weighted by Crippen LogP contribution is 2.29. The molecule has 2 atom stereocenters. The van der Waals surface area contributed by atoms with Crippen LogP contribution in [-0.4, -0.2) is 46.6 Å². The van der Waals surface area contributed by atoms with Crippen LogP contribution in [0.2, 0.25) is 0 Å². The molecule has 0 saturated carbocycles. The Bertz CT molecular complexity index is 719. The van der Waals surface area contributed by atoms with E-state index < -0.39 is 35.1 Å². The number of hydrazine groups is 1. The molecular formula is C21H30N2O5. The van der Waals surface area contributed by atoms with E-state index in [0.717, 1.165) is 10.6 Å². The van der Waals surface area contributed by atoms with Crippen molar-refractivity contribution >= 4 is 17.8 Å². The molecule has 1 saturated heterocycles. The standard InChI is InChI=1S/C21H30N2O5/c1-20(2,3)27-17(25)13-23-16(24)12-15(14-10-8-7-9-11-14)18(22-23)19(26)28-21(4,5)6/h7-11,15,18,22H,12-13H2,1-6H3/t15-,18-/m0/s1. The number of esters is 2. The zero-order valence-corrected chi connectivity index (χ0v) is 17.4. The molecule has 154 valence electrons. The summed E-state index contributed by atoms with van der Waals surface area (Å²) in [7, 11) is 0. The van der Waals surface area contributed by atoms with E-state index in [-0.39, 0.29) is 18.9 Å².